The van der Waals surface area contributed by atoms with Crippen molar-refractivity contribution in [3.8, 4) is 0 Å². The number of hydrogen-bond donors (Lipinski definition) is 1. The van der Waals surface area contributed by atoms with Crippen LogP contribution in [0.1, 0.15) is 29.7 Å². The number of benzene rings is 2. The van der Waals surface area contributed by atoms with Gasteiger partial charge in [0.2, 0.25) is 0 Å². The third-order valence-corrected chi connectivity index (χ3v) is 3.60. The molecule has 0 amide bonds. The van der Waals surface area contributed by atoms with Crippen molar-refractivity contribution in [2.75, 3.05) is 0 Å². The molecular weight excluding hydrogens is 238 g/mol. The molecule has 2 aromatic carbocycles. The molecule has 0 bridgehead atoms. The summed E-state index contributed by atoms with van der Waals surface area (Å²) in [6, 6.07) is 18.1. The molecule has 2 atom stereocenters. The van der Waals surface area contributed by atoms with Crippen molar-refractivity contribution in [1.29, 1.82) is 0 Å². The van der Waals surface area contributed by atoms with Crippen LogP contribution in [0.2, 0.25) is 0 Å². The summed E-state index contributed by atoms with van der Waals surface area (Å²) < 4.78 is 5.89. The minimum absolute atomic E-state index is 0.0926. The van der Waals surface area contributed by atoms with Crippen LogP contribution in [-0.2, 0) is 10.3 Å². The monoisotopic (exact) mass is 253 g/mol. The quantitative estimate of drug-likeness (QED) is 0.394. The van der Waals surface area contributed by atoms with Crippen LogP contribution in [-0.4, -0.2) is 11.4 Å². The van der Waals surface area contributed by atoms with Crippen LogP contribution < -0.4 is 0 Å². The summed E-state index contributed by atoms with van der Waals surface area (Å²) in [5.41, 5.74) is 2.98. The van der Waals surface area contributed by atoms with Crippen LogP contribution in [0, 0.1) is 0 Å². The van der Waals surface area contributed by atoms with E-state index in [0.717, 1.165) is 11.1 Å². The van der Waals surface area contributed by atoms with Crippen LogP contribution in [0.4, 0.5) is 0 Å². The van der Waals surface area contributed by atoms with Gasteiger partial charge >= 0.3 is 0 Å². The molecule has 2 unspecified atom stereocenters. The molecule has 1 aliphatic heterocycles. The Balaban J connectivity index is 1.82. The zero-order valence-corrected chi connectivity index (χ0v) is 10.7. The predicted octanol–water partition coefficient (Wildman–Crippen LogP) is 3.48. The summed E-state index contributed by atoms with van der Waals surface area (Å²) in [7, 11) is 0. The molecule has 19 heavy (non-hydrogen) atoms. The Hall–Kier alpha value is -2.13. The first-order valence-electron chi connectivity index (χ1n) is 6.25. The number of nitrogens with zero attached hydrogens (tertiary/aromatic N) is 1. The van der Waals surface area contributed by atoms with Gasteiger partial charge in [-0.1, -0.05) is 59.8 Å². The maximum atomic E-state index is 8.49. The van der Waals surface area contributed by atoms with Crippen molar-refractivity contribution in [2.24, 2.45) is 5.16 Å². The predicted molar refractivity (Wildman–Crippen MR) is 73.4 cm³/mol. The Labute approximate surface area is 112 Å². The number of epoxide rings is 1. The molecular formula is C16H15NO2. The molecule has 0 aromatic heterocycles. The van der Waals surface area contributed by atoms with Gasteiger partial charge in [0, 0.05) is 0 Å². The van der Waals surface area contributed by atoms with Gasteiger partial charge in [0.05, 0.1) is 6.21 Å². The largest absolute Gasteiger partial charge is 0.411 e. The Morgan fingerprint density at radius 2 is 1.79 bits per heavy atom. The van der Waals surface area contributed by atoms with Crippen molar-refractivity contribution in [3.63, 3.8) is 0 Å². The van der Waals surface area contributed by atoms with Crippen LogP contribution >= 0.6 is 0 Å². The van der Waals surface area contributed by atoms with Gasteiger partial charge < -0.3 is 9.94 Å². The molecule has 1 heterocycles. The molecule has 1 aliphatic rings. The van der Waals surface area contributed by atoms with E-state index in [-0.39, 0.29) is 11.7 Å². The minimum atomic E-state index is -0.228. The SMILES string of the molecule is CC1(c2ccccc2)OC1c1ccc(C=NO)cc1. The molecule has 96 valence electrons. The van der Waals surface area contributed by atoms with Gasteiger partial charge in [-0.3, -0.25) is 0 Å². The highest BCUT2D eigenvalue weighted by atomic mass is 16.6. The van der Waals surface area contributed by atoms with Crippen molar-refractivity contribution < 1.29 is 9.94 Å². The highest BCUT2D eigenvalue weighted by Gasteiger charge is 2.54. The van der Waals surface area contributed by atoms with Crippen molar-refractivity contribution >= 4 is 6.21 Å². The molecule has 1 fully saturated rings. The summed E-state index contributed by atoms with van der Waals surface area (Å²) >= 11 is 0. The third kappa shape index (κ3) is 2.13. The maximum Gasteiger partial charge on any atom is 0.122 e. The summed E-state index contributed by atoms with van der Waals surface area (Å²) in [5.74, 6) is 0. The molecule has 1 N–H and O–H groups in total. The van der Waals surface area contributed by atoms with Gasteiger partial charge in [-0.15, -0.1) is 0 Å². The van der Waals surface area contributed by atoms with Gasteiger partial charge in [-0.2, -0.15) is 0 Å². The summed E-state index contributed by atoms with van der Waals surface area (Å²) in [4.78, 5) is 0. The molecule has 1 saturated heterocycles. The van der Waals surface area contributed by atoms with E-state index in [1.54, 1.807) is 0 Å². The molecule has 0 spiro atoms. The fraction of sp³-hybridized carbons (Fsp3) is 0.188. The summed E-state index contributed by atoms with van der Waals surface area (Å²) in [5, 5.41) is 11.5. The fourth-order valence-corrected chi connectivity index (χ4v) is 2.41. The Morgan fingerprint density at radius 3 is 2.42 bits per heavy atom. The minimum Gasteiger partial charge on any atom is -0.411 e. The van der Waals surface area contributed by atoms with E-state index in [4.69, 9.17) is 9.94 Å². The lowest BCUT2D eigenvalue weighted by Crippen LogP contribution is -2.03. The molecule has 2 aromatic rings. The van der Waals surface area contributed by atoms with Crippen LogP contribution in [0.3, 0.4) is 0 Å². The molecule has 3 nitrogen and oxygen atoms in total. The highest BCUT2D eigenvalue weighted by molar-refractivity contribution is 5.79. The molecule has 0 saturated carbocycles. The molecule has 3 heteroatoms. The van der Waals surface area contributed by atoms with E-state index in [1.165, 1.54) is 11.8 Å². The molecule has 3 rings (SSSR count). The average molecular weight is 253 g/mol. The van der Waals surface area contributed by atoms with Gasteiger partial charge in [-0.05, 0) is 23.6 Å². The molecule has 0 aliphatic carbocycles. The number of oxime groups is 1. The lowest BCUT2D eigenvalue weighted by Gasteiger charge is -2.06. The van der Waals surface area contributed by atoms with E-state index in [2.05, 4.69) is 24.2 Å². The van der Waals surface area contributed by atoms with Crippen LogP contribution in [0.5, 0.6) is 0 Å². The lowest BCUT2D eigenvalue weighted by molar-refractivity contribution is 0.313. The Morgan fingerprint density at radius 1 is 1.11 bits per heavy atom. The molecule has 0 radical (unpaired) electrons. The number of rotatable bonds is 3. The Bertz CT molecular complexity index is 592. The van der Waals surface area contributed by atoms with Gasteiger partial charge in [-0.25, -0.2) is 0 Å². The Kier molecular flexibility index (Phi) is 2.84. The fourth-order valence-electron chi connectivity index (χ4n) is 2.41. The number of ether oxygens (including phenoxy) is 1. The highest BCUT2D eigenvalue weighted by Crippen LogP contribution is 2.56. The summed E-state index contributed by atoms with van der Waals surface area (Å²) in [6.07, 6.45) is 1.50. The van der Waals surface area contributed by atoms with Crippen molar-refractivity contribution in [2.45, 2.75) is 18.6 Å². The first-order valence-corrected chi connectivity index (χ1v) is 6.25. The van der Waals surface area contributed by atoms with Crippen LogP contribution in [0.15, 0.2) is 59.8 Å². The second-order valence-electron chi connectivity index (χ2n) is 4.88. The lowest BCUT2D eigenvalue weighted by atomic mass is 9.93. The summed E-state index contributed by atoms with van der Waals surface area (Å²) in [6.45, 7) is 2.11. The van der Waals surface area contributed by atoms with Gasteiger partial charge in [0.15, 0.2) is 0 Å². The topological polar surface area (TPSA) is 45.1 Å². The number of hydrogen-bond acceptors (Lipinski definition) is 3. The second kappa shape index (κ2) is 4.52. The third-order valence-electron chi connectivity index (χ3n) is 3.60. The zero-order valence-electron chi connectivity index (χ0n) is 10.7. The van der Waals surface area contributed by atoms with E-state index >= 15 is 0 Å². The van der Waals surface area contributed by atoms with Crippen molar-refractivity contribution in [3.05, 3.63) is 71.3 Å². The van der Waals surface area contributed by atoms with E-state index < -0.39 is 0 Å². The second-order valence-corrected chi connectivity index (χ2v) is 4.88. The average Bonchev–Trinajstić information content (AvgIpc) is 3.15. The van der Waals surface area contributed by atoms with Crippen molar-refractivity contribution in [1.82, 2.24) is 0 Å². The van der Waals surface area contributed by atoms with E-state index in [0.29, 0.717) is 0 Å². The first kappa shape index (κ1) is 11.9. The van der Waals surface area contributed by atoms with Gasteiger partial charge in [0.1, 0.15) is 11.7 Å². The van der Waals surface area contributed by atoms with E-state index in [9.17, 15) is 0 Å². The maximum absolute atomic E-state index is 8.49. The van der Waals surface area contributed by atoms with Gasteiger partial charge in [0.25, 0.3) is 0 Å². The van der Waals surface area contributed by atoms with E-state index in [1.807, 2.05) is 42.5 Å². The zero-order chi connectivity index (χ0) is 13.3. The smallest absolute Gasteiger partial charge is 0.122 e. The van der Waals surface area contributed by atoms with Crippen LogP contribution in [0.25, 0.3) is 0 Å². The normalized spacial score (nSPS) is 25.6. The standard InChI is InChI=1S/C16H15NO2/c1-16(14-5-3-2-4-6-14)15(19-16)13-9-7-12(8-10-13)11-17-18/h2-11,15,18H,1H3. The first-order chi connectivity index (χ1) is 9.24.